The molecule has 2 rings (SSSR count). The Morgan fingerprint density at radius 1 is 0.952 bits per heavy atom. The summed E-state index contributed by atoms with van der Waals surface area (Å²) in [5.41, 5.74) is 2.83. The number of hydrogen-bond acceptors (Lipinski definition) is 3. The van der Waals surface area contributed by atoms with E-state index < -0.39 is 10.0 Å². The SMILES string of the molecule is CC(CNc1ccc(NS(C)(=O)=O)cc1)c1ccccc1. The van der Waals surface area contributed by atoms with E-state index in [0.29, 0.717) is 11.6 Å². The van der Waals surface area contributed by atoms with Crippen molar-refractivity contribution in [1.82, 2.24) is 0 Å². The third-order valence-electron chi connectivity index (χ3n) is 3.17. The highest BCUT2D eigenvalue weighted by atomic mass is 32.2. The largest absolute Gasteiger partial charge is 0.384 e. The minimum absolute atomic E-state index is 0.403. The fraction of sp³-hybridized carbons (Fsp3) is 0.250. The molecule has 2 aromatic rings. The zero-order valence-electron chi connectivity index (χ0n) is 12.2. The molecule has 0 saturated carbocycles. The molecule has 1 atom stereocenters. The summed E-state index contributed by atoms with van der Waals surface area (Å²) in [7, 11) is -3.22. The second-order valence-corrected chi connectivity index (χ2v) is 6.89. The Morgan fingerprint density at radius 2 is 1.52 bits per heavy atom. The van der Waals surface area contributed by atoms with Crippen molar-refractivity contribution in [2.45, 2.75) is 12.8 Å². The van der Waals surface area contributed by atoms with Crippen LogP contribution in [0.25, 0.3) is 0 Å². The first-order chi connectivity index (χ1) is 9.94. The summed E-state index contributed by atoms with van der Waals surface area (Å²) in [5, 5.41) is 3.36. The quantitative estimate of drug-likeness (QED) is 0.861. The minimum Gasteiger partial charge on any atom is -0.384 e. The Hall–Kier alpha value is -2.01. The predicted octanol–water partition coefficient (Wildman–Crippen LogP) is 3.27. The lowest BCUT2D eigenvalue weighted by Crippen LogP contribution is -2.11. The normalized spacial score (nSPS) is 12.7. The van der Waals surface area contributed by atoms with Gasteiger partial charge in [0.1, 0.15) is 0 Å². The number of rotatable bonds is 6. The zero-order valence-corrected chi connectivity index (χ0v) is 13.0. The van der Waals surface area contributed by atoms with Crippen molar-refractivity contribution in [2.75, 3.05) is 22.8 Å². The lowest BCUT2D eigenvalue weighted by atomic mass is 10.0. The third kappa shape index (κ3) is 5.11. The molecule has 0 aliphatic heterocycles. The van der Waals surface area contributed by atoms with E-state index >= 15 is 0 Å². The Morgan fingerprint density at radius 3 is 2.10 bits per heavy atom. The minimum atomic E-state index is -3.22. The van der Waals surface area contributed by atoms with Crippen LogP contribution in [-0.2, 0) is 10.0 Å². The van der Waals surface area contributed by atoms with E-state index in [4.69, 9.17) is 0 Å². The summed E-state index contributed by atoms with van der Waals surface area (Å²) >= 11 is 0. The number of sulfonamides is 1. The molecule has 0 bridgehead atoms. The van der Waals surface area contributed by atoms with Crippen LogP contribution in [0.3, 0.4) is 0 Å². The van der Waals surface area contributed by atoms with Crippen molar-refractivity contribution in [3.05, 3.63) is 60.2 Å². The first-order valence-corrected chi connectivity index (χ1v) is 8.70. The van der Waals surface area contributed by atoms with Gasteiger partial charge in [0.05, 0.1) is 6.26 Å². The van der Waals surface area contributed by atoms with Crippen LogP contribution in [0.2, 0.25) is 0 Å². The maximum atomic E-state index is 11.1. The molecular weight excluding hydrogens is 284 g/mol. The molecule has 0 spiro atoms. The van der Waals surface area contributed by atoms with Crippen molar-refractivity contribution in [3.8, 4) is 0 Å². The van der Waals surface area contributed by atoms with Gasteiger partial charge in [0.25, 0.3) is 0 Å². The van der Waals surface area contributed by atoms with Crippen LogP contribution in [0.5, 0.6) is 0 Å². The van der Waals surface area contributed by atoms with Gasteiger partial charge in [-0.3, -0.25) is 4.72 Å². The fourth-order valence-corrected chi connectivity index (χ4v) is 2.60. The van der Waals surface area contributed by atoms with E-state index in [1.54, 1.807) is 12.1 Å². The highest BCUT2D eigenvalue weighted by molar-refractivity contribution is 7.92. The molecule has 0 aliphatic rings. The molecule has 112 valence electrons. The first-order valence-electron chi connectivity index (χ1n) is 6.81. The molecular formula is C16H20N2O2S. The van der Waals surface area contributed by atoms with Crippen LogP contribution in [0, 0.1) is 0 Å². The maximum absolute atomic E-state index is 11.1. The molecule has 2 N–H and O–H groups in total. The predicted molar refractivity (Wildman–Crippen MR) is 88.3 cm³/mol. The van der Waals surface area contributed by atoms with E-state index in [-0.39, 0.29) is 0 Å². The number of anilines is 2. The summed E-state index contributed by atoms with van der Waals surface area (Å²) in [6, 6.07) is 17.5. The Kier molecular flexibility index (Phi) is 4.85. The van der Waals surface area contributed by atoms with Gasteiger partial charge in [-0.05, 0) is 35.7 Å². The standard InChI is InChI=1S/C16H20N2O2S/c1-13(14-6-4-3-5-7-14)12-17-15-8-10-16(11-9-15)18-21(2,19)20/h3-11,13,17-18H,12H2,1-2H3. The van der Waals surface area contributed by atoms with E-state index in [9.17, 15) is 8.42 Å². The molecule has 0 saturated heterocycles. The average Bonchev–Trinajstić information content (AvgIpc) is 2.45. The molecule has 0 radical (unpaired) electrons. The number of benzene rings is 2. The molecule has 0 amide bonds. The monoisotopic (exact) mass is 304 g/mol. The second-order valence-electron chi connectivity index (χ2n) is 5.14. The van der Waals surface area contributed by atoms with Gasteiger partial charge in [0.2, 0.25) is 10.0 Å². The van der Waals surface area contributed by atoms with Gasteiger partial charge < -0.3 is 5.32 Å². The second kappa shape index (κ2) is 6.63. The van der Waals surface area contributed by atoms with Crippen molar-refractivity contribution in [2.24, 2.45) is 0 Å². The van der Waals surface area contributed by atoms with Crippen LogP contribution >= 0.6 is 0 Å². The highest BCUT2D eigenvalue weighted by Gasteiger charge is 2.05. The van der Waals surface area contributed by atoms with Crippen LogP contribution < -0.4 is 10.0 Å². The summed E-state index contributed by atoms with van der Waals surface area (Å²) in [5.74, 6) is 0.403. The maximum Gasteiger partial charge on any atom is 0.229 e. The van der Waals surface area contributed by atoms with Crippen molar-refractivity contribution in [3.63, 3.8) is 0 Å². The lowest BCUT2D eigenvalue weighted by Gasteiger charge is -2.14. The van der Waals surface area contributed by atoms with Crippen LogP contribution in [0.15, 0.2) is 54.6 Å². The fourth-order valence-electron chi connectivity index (χ4n) is 2.04. The molecule has 21 heavy (non-hydrogen) atoms. The molecule has 0 aromatic heterocycles. The first kappa shape index (κ1) is 15.4. The van der Waals surface area contributed by atoms with E-state index in [1.807, 2.05) is 30.3 Å². The molecule has 0 aliphatic carbocycles. The van der Waals surface area contributed by atoms with Crippen LogP contribution in [-0.4, -0.2) is 21.2 Å². The molecule has 1 unspecified atom stereocenters. The number of nitrogens with one attached hydrogen (secondary N) is 2. The molecule has 2 aromatic carbocycles. The van der Waals surface area contributed by atoms with Crippen LogP contribution in [0.4, 0.5) is 11.4 Å². The Balaban J connectivity index is 1.92. The van der Waals surface area contributed by atoms with Gasteiger partial charge in [-0.15, -0.1) is 0 Å². The van der Waals surface area contributed by atoms with Crippen molar-refractivity contribution < 1.29 is 8.42 Å². The van der Waals surface area contributed by atoms with Gasteiger partial charge in [-0.25, -0.2) is 8.42 Å². The van der Waals surface area contributed by atoms with Gasteiger partial charge in [0.15, 0.2) is 0 Å². The summed E-state index contributed by atoms with van der Waals surface area (Å²) in [6.45, 7) is 2.99. The van der Waals surface area contributed by atoms with E-state index in [2.05, 4.69) is 29.1 Å². The third-order valence-corrected chi connectivity index (χ3v) is 3.78. The van der Waals surface area contributed by atoms with Crippen molar-refractivity contribution in [1.29, 1.82) is 0 Å². The molecule has 0 fully saturated rings. The summed E-state index contributed by atoms with van der Waals surface area (Å²) < 4.78 is 24.7. The van der Waals surface area contributed by atoms with Gasteiger partial charge in [0, 0.05) is 17.9 Å². The highest BCUT2D eigenvalue weighted by Crippen LogP contribution is 2.18. The number of hydrogen-bond donors (Lipinski definition) is 2. The summed E-state index contributed by atoms with van der Waals surface area (Å²) in [4.78, 5) is 0. The Labute approximate surface area is 126 Å². The Bertz CT molecular complexity index is 667. The van der Waals surface area contributed by atoms with Crippen LogP contribution in [0.1, 0.15) is 18.4 Å². The average molecular weight is 304 g/mol. The topological polar surface area (TPSA) is 58.2 Å². The van der Waals surface area contributed by atoms with E-state index in [0.717, 1.165) is 18.5 Å². The lowest BCUT2D eigenvalue weighted by molar-refractivity contribution is 0.607. The van der Waals surface area contributed by atoms with E-state index in [1.165, 1.54) is 5.56 Å². The molecule has 5 heteroatoms. The van der Waals surface area contributed by atoms with Gasteiger partial charge in [-0.1, -0.05) is 37.3 Å². The molecule has 0 heterocycles. The van der Waals surface area contributed by atoms with Crippen molar-refractivity contribution >= 4 is 21.4 Å². The summed E-state index contributed by atoms with van der Waals surface area (Å²) in [6.07, 6.45) is 1.14. The zero-order chi connectivity index (χ0) is 15.3. The van der Waals surface area contributed by atoms with Gasteiger partial charge in [-0.2, -0.15) is 0 Å². The smallest absolute Gasteiger partial charge is 0.229 e. The molecule has 4 nitrogen and oxygen atoms in total. The van der Waals surface area contributed by atoms with Gasteiger partial charge >= 0.3 is 0 Å².